The molecule has 7 aromatic rings. The first kappa shape index (κ1) is 73.5. The lowest BCUT2D eigenvalue weighted by Gasteiger charge is -2.37. The largest absolute Gasteiger partial charge is 0.468 e. The standard InChI is InChI=1S/C70H91FN18O13/c1-82-26-27-88(70(82)96)53-6-5-21-86(44-53)59-42-75-67(68(72)95)69(78-59)77-51-11-9-47(10-12-51)48-15-22-85(23-16-48)63(93)19-28-98-30-32-100-34-36-102-37-35-101-33-31-99-29-20-73-60(90)13-14-62(92)84-24-17-49(18-25-84)66-65-54(55-39-58-50(38-56(55)71)40-76-83(58)2)7-4-8-57(65)89(80-66)45-61(91)74-41-52-43-87(81-79-52)46-64(94)97-3/h4,7-12,38-40,42-43,48-49,53H,5-6,13-37,41,44-46H2,1-3H3,(H2,72,95)(H,73,90)(H,74,91)(H,77,78)/t53-/m1/s1. The summed E-state index contributed by atoms with van der Waals surface area (Å²) in [7, 11) is 4.89. The molecule has 31 nitrogen and oxygen atoms in total. The summed E-state index contributed by atoms with van der Waals surface area (Å²) in [5, 5.41) is 27.6. The van der Waals surface area contributed by atoms with Gasteiger partial charge in [0, 0.05) is 114 Å². The Bertz CT molecular complexity index is 4040. The number of likely N-dealkylation sites (N-methyl/N-ethyl adjacent to an activating group) is 1. The number of primary amides is 1. The minimum absolute atomic E-state index is 0.0226. The molecule has 7 amide bonds. The quantitative estimate of drug-likeness (QED) is 0.0318. The predicted octanol–water partition coefficient (Wildman–Crippen LogP) is 4.26. The zero-order valence-corrected chi connectivity index (χ0v) is 58.1. The fourth-order valence-corrected chi connectivity index (χ4v) is 13.4. The van der Waals surface area contributed by atoms with Gasteiger partial charge in [0.25, 0.3) is 5.91 Å². The normalized spacial score (nSPS) is 16.2. The number of methoxy groups -OCH3 is 1. The summed E-state index contributed by atoms with van der Waals surface area (Å²) in [6.45, 7) is 8.50. The highest BCUT2D eigenvalue weighted by molar-refractivity contribution is 6.00. The van der Waals surface area contributed by atoms with E-state index in [1.54, 1.807) is 50.9 Å². The molecule has 0 saturated carbocycles. The van der Waals surface area contributed by atoms with Gasteiger partial charge >= 0.3 is 12.0 Å². The number of ether oxygens (including phenoxy) is 6. The van der Waals surface area contributed by atoms with E-state index in [0.29, 0.717) is 175 Å². The van der Waals surface area contributed by atoms with Crippen LogP contribution in [0.4, 0.5) is 26.5 Å². The number of nitrogens with two attached hydrogens (primary N) is 1. The molecule has 546 valence electrons. The van der Waals surface area contributed by atoms with Crippen LogP contribution in [0.15, 0.2) is 73.2 Å². The van der Waals surface area contributed by atoms with E-state index in [1.807, 2.05) is 47.2 Å². The minimum Gasteiger partial charge on any atom is -0.468 e. The summed E-state index contributed by atoms with van der Waals surface area (Å²) in [4.78, 5) is 108. The van der Waals surface area contributed by atoms with Gasteiger partial charge in [-0.05, 0) is 85.9 Å². The fourth-order valence-electron chi connectivity index (χ4n) is 13.4. The van der Waals surface area contributed by atoms with Gasteiger partial charge in [0.05, 0.1) is 128 Å². The van der Waals surface area contributed by atoms with Gasteiger partial charge < -0.3 is 74.6 Å². The maximum absolute atomic E-state index is 16.0. The molecule has 5 N–H and O–H groups in total. The maximum atomic E-state index is 16.0. The summed E-state index contributed by atoms with van der Waals surface area (Å²) >= 11 is 0. The summed E-state index contributed by atoms with van der Waals surface area (Å²) in [5.41, 5.74) is 11.2. The lowest BCUT2D eigenvalue weighted by atomic mass is 9.88. The zero-order chi connectivity index (χ0) is 71.5. The third kappa shape index (κ3) is 19.2. The van der Waals surface area contributed by atoms with Crippen molar-refractivity contribution < 1.29 is 66.4 Å². The Morgan fingerprint density at radius 1 is 0.686 bits per heavy atom. The smallest absolute Gasteiger partial charge is 0.327 e. The number of anilines is 3. The molecule has 1 atom stereocenters. The van der Waals surface area contributed by atoms with Crippen molar-refractivity contribution in [3.05, 3.63) is 102 Å². The second kappa shape index (κ2) is 35.7. The molecule has 0 bridgehead atoms. The number of nitrogens with zero attached hydrogens (tertiary/aromatic N) is 14. The number of amides is 7. The van der Waals surface area contributed by atoms with Crippen LogP contribution in [0.3, 0.4) is 0 Å². The van der Waals surface area contributed by atoms with Crippen molar-refractivity contribution in [3.63, 3.8) is 0 Å². The number of nitrogens with one attached hydrogen (secondary N) is 3. The van der Waals surface area contributed by atoms with E-state index in [9.17, 15) is 33.6 Å². The van der Waals surface area contributed by atoms with Gasteiger partial charge in [-0.25, -0.2) is 23.8 Å². The van der Waals surface area contributed by atoms with Crippen LogP contribution in [0.5, 0.6) is 0 Å². The average Bonchev–Trinajstić information content (AvgIpc) is 1.59. The number of aromatic nitrogens is 9. The Balaban J connectivity index is 0.502. The maximum Gasteiger partial charge on any atom is 0.327 e. The highest BCUT2D eigenvalue weighted by atomic mass is 19.1. The van der Waals surface area contributed by atoms with Crippen molar-refractivity contribution in [1.82, 2.24) is 74.8 Å². The average molecular weight is 1410 g/mol. The molecule has 0 spiro atoms. The molecule has 0 unspecified atom stereocenters. The second-order valence-corrected chi connectivity index (χ2v) is 25.8. The number of rotatable bonds is 35. The molecule has 4 aliphatic heterocycles. The zero-order valence-electron chi connectivity index (χ0n) is 58.1. The van der Waals surface area contributed by atoms with E-state index >= 15 is 4.39 Å². The number of fused-ring (bicyclic) bond motifs is 2. The first-order valence-electron chi connectivity index (χ1n) is 34.9. The van der Waals surface area contributed by atoms with E-state index in [-0.39, 0.29) is 98.8 Å². The SMILES string of the molecule is COC(=O)Cn1cc(CNC(=O)Cn2nc(C3CCN(C(=O)CCC(=O)NCCOCCOCCOCCOCCOCCC(=O)N4CCC(c5ccc(Nc6nc(N7CCC[C@@H](N8CCN(C)C8=O)C7)cnc6C(N)=O)cc5)CC4)CC3)c3c(-c4cc5c(cnn5C)cc4F)cccc32)nn1. The van der Waals surface area contributed by atoms with Crippen LogP contribution in [0.2, 0.25) is 0 Å². The predicted molar refractivity (Wildman–Crippen MR) is 372 cm³/mol. The van der Waals surface area contributed by atoms with Crippen LogP contribution in [0.1, 0.15) is 97.1 Å². The second-order valence-electron chi connectivity index (χ2n) is 25.8. The molecular formula is C70H91FN18O13. The van der Waals surface area contributed by atoms with Crippen LogP contribution in [0.25, 0.3) is 32.9 Å². The number of carbonyl (C=O) groups is 7. The Kier molecular flexibility index (Phi) is 25.7. The van der Waals surface area contributed by atoms with Gasteiger partial charge in [0.1, 0.15) is 30.4 Å². The first-order valence-corrected chi connectivity index (χ1v) is 34.9. The Morgan fingerprint density at radius 2 is 1.36 bits per heavy atom. The van der Waals surface area contributed by atoms with Crippen LogP contribution in [0, 0.1) is 5.82 Å². The van der Waals surface area contributed by atoms with E-state index in [4.69, 9.17) is 44.2 Å². The topological polar surface area (TPSA) is 345 Å². The Morgan fingerprint density at radius 3 is 2.04 bits per heavy atom. The minimum atomic E-state index is -0.687. The number of urea groups is 1. The van der Waals surface area contributed by atoms with E-state index in [0.717, 1.165) is 43.4 Å². The molecule has 32 heteroatoms. The van der Waals surface area contributed by atoms with Crippen molar-refractivity contribution in [2.75, 3.05) is 149 Å². The van der Waals surface area contributed by atoms with Crippen LogP contribution in [-0.2, 0) is 79.1 Å². The molecule has 0 aliphatic carbocycles. The van der Waals surface area contributed by atoms with Gasteiger partial charge in [-0.2, -0.15) is 10.2 Å². The number of piperidine rings is 3. The van der Waals surface area contributed by atoms with Crippen LogP contribution in [-0.4, -0.2) is 251 Å². The molecule has 4 saturated heterocycles. The van der Waals surface area contributed by atoms with Crippen molar-refractivity contribution in [1.29, 1.82) is 0 Å². The number of halogens is 1. The number of hydrogen-bond donors (Lipinski definition) is 4. The summed E-state index contributed by atoms with van der Waals surface area (Å²) < 4.78 is 53.5. The molecular weight excluding hydrogens is 1320 g/mol. The molecule has 102 heavy (non-hydrogen) atoms. The molecule has 11 rings (SSSR count). The molecule has 0 radical (unpaired) electrons. The van der Waals surface area contributed by atoms with Gasteiger partial charge in [0.15, 0.2) is 11.5 Å². The van der Waals surface area contributed by atoms with Gasteiger partial charge in [-0.1, -0.05) is 29.5 Å². The highest BCUT2D eigenvalue weighted by Crippen LogP contribution is 2.40. The van der Waals surface area contributed by atoms with Crippen molar-refractivity contribution in [2.45, 2.75) is 95.3 Å². The van der Waals surface area contributed by atoms with Crippen molar-refractivity contribution >= 4 is 80.7 Å². The summed E-state index contributed by atoms with van der Waals surface area (Å²) in [5.74, 6) is -1.25. The van der Waals surface area contributed by atoms with Gasteiger partial charge in [-0.15, -0.1) is 5.10 Å². The van der Waals surface area contributed by atoms with Crippen LogP contribution >= 0.6 is 0 Å². The van der Waals surface area contributed by atoms with E-state index in [1.165, 1.54) is 23.4 Å². The van der Waals surface area contributed by atoms with E-state index < -0.39 is 17.7 Å². The Hall–Kier alpha value is -9.76. The molecule has 4 aliphatic rings. The van der Waals surface area contributed by atoms with Crippen LogP contribution < -0.4 is 26.6 Å². The van der Waals surface area contributed by atoms with E-state index in [2.05, 4.69) is 53.4 Å². The number of benzene rings is 3. The molecule has 4 aromatic heterocycles. The van der Waals surface area contributed by atoms with Gasteiger partial charge in [0.2, 0.25) is 23.6 Å². The van der Waals surface area contributed by atoms with Crippen molar-refractivity contribution in [3.8, 4) is 11.1 Å². The van der Waals surface area contributed by atoms with Crippen molar-refractivity contribution in [2.24, 2.45) is 12.8 Å². The summed E-state index contributed by atoms with van der Waals surface area (Å²) in [6.07, 6.45) is 9.68. The number of carbonyl (C=O) groups excluding carboxylic acids is 7. The first-order chi connectivity index (χ1) is 49.6. The van der Waals surface area contributed by atoms with Gasteiger partial charge in [-0.3, -0.25) is 38.1 Å². The lowest BCUT2D eigenvalue weighted by molar-refractivity contribution is -0.141. The third-order valence-corrected chi connectivity index (χ3v) is 19.0. The molecule has 3 aromatic carbocycles. The Labute approximate surface area is 589 Å². The third-order valence-electron chi connectivity index (χ3n) is 19.0. The highest BCUT2D eigenvalue weighted by Gasteiger charge is 2.36. The lowest BCUT2D eigenvalue weighted by Crippen LogP contribution is -2.49. The number of esters is 1. The monoisotopic (exact) mass is 1410 g/mol. The summed E-state index contributed by atoms with van der Waals surface area (Å²) in [6, 6.07) is 16.9. The number of aryl methyl sites for hydroxylation is 1. The number of hydrogen-bond acceptors (Lipinski definition) is 21. The fraction of sp³-hybridized carbons (Fsp3) is 0.529. The molecule has 8 heterocycles. The molecule has 4 fully saturated rings. The number of likely N-dealkylation sites (tertiary alicyclic amines) is 2.